The number of aliphatic hydroxyl groups is 2. The van der Waals surface area contributed by atoms with Crippen LogP contribution in [0.1, 0.15) is 5.76 Å². The molecule has 1 aromatic rings. The van der Waals surface area contributed by atoms with Gasteiger partial charge in [-0.25, -0.2) is 0 Å². The third kappa shape index (κ3) is 3.82. The molecule has 0 saturated carbocycles. The molecule has 18 heavy (non-hydrogen) atoms. The number of aliphatic hydroxyl groups excluding tert-OH is 2. The monoisotopic (exact) mass is 257 g/mol. The van der Waals surface area contributed by atoms with Gasteiger partial charge in [0.1, 0.15) is 5.76 Å². The maximum atomic E-state index is 11.7. The van der Waals surface area contributed by atoms with Crippen molar-refractivity contribution in [3.8, 4) is 0 Å². The first kappa shape index (κ1) is 14.1. The topological polar surface area (TPSA) is 116 Å². The number of carbonyl (C=O) groups excluding carboxylic acids is 2. The van der Waals surface area contributed by atoms with E-state index in [1.165, 1.54) is 6.07 Å². The Labute approximate surface area is 103 Å². The Kier molecular flexibility index (Phi) is 5.28. The number of aromatic nitrogens is 1. The van der Waals surface area contributed by atoms with E-state index >= 15 is 0 Å². The van der Waals surface area contributed by atoms with Gasteiger partial charge < -0.3 is 19.6 Å². The molecule has 8 heteroatoms. The van der Waals surface area contributed by atoms with Crippen LogP contribution in [0.4, 0.5) is 5.82 Å². The molecule has 0 radical (unpaired) electrons. The molecule has 3 N–H and O–H groups in total. The average Bonchev–Trinajstić information content (AvgIpc) is 2.73. The minimum absolute atomic E-state index is 0.0232. The Bertz CT molecular complexity index is 411. The van der Waals surface area contributed by atoms with Crippen LogP contribution < -0.4 is 5.32 Å². The number of nitrogens with zero attached hydrogens (tertiary/aromatic N) is 2. The van der Waals surface area contributed by atoms with Crippen molar-refractivity contribution in [1.29, 1.82) is 0 Å². The van der Waals surface area contributed by atoms with Crippen LogP contribution in [0.2, 0.25) is 0 Å². The second kappa shape index (κ2) is 6.72. The summed E-state index contributed by atoms with van der Waals surface area (Å²) in [5, 5.41) is 23.3. The van der Waals surface area contributed by atoms with Crippen LogP contribution in [-0.4, -0.2) is 58.4 Å². The van der Waals surface area contributed by atoms with Gasteiger partial charge in [-0.15, -0.1) is 0 Å². The van der Waals surface area contributed by atoms with Crippen molar-refractivity contribution in [3.05, 3.63) is 11.8 Å². The molecule has 0 atom stereocenters. The molecule has 100 valence electrons. The van der Waals surface area contributed by atoms with Gasteiger partial charge in [-0.3, -0.25) is 14.9 Å². The van der Waals surface area contributed by atoms with E-state index in [1.807, 2.05) is 0 Å². The number of carbonyl (C=O) groups is 2. The molecule has 1 aromatic heterocycles. The lowest BCUT2D eigenvalue weighted by molar-refractivity contribution is -0.143. The molecule has 0 unspecified atom stereocenters. The summed E-state index contributed by atoms with van der Waals surface area (Å²) in [4.78, 5) is 24.3. The zero-order valence-electron chi connectivity index (χ0n) is 9.92. The van der Waals surface area contributed by atoms with E-state index in [2.05, 4.69) is 10.5 Å². The van der Waals surface area contributed by atoms with Crippen molar-refractivity contribution in [2.75, 3.05) is 31.6 Å². The lowest BCUT2D eigenvalue weighted by Crippen LogP contribution is -2.42. The number of hydrogen-bond acceptors (Lipinski definition) is 6. The summed E-state index contributed by atoms with van der Waals surface area (Å²) in [6.07, 6.45) is 0. The molecule has 1 heterocycles. The maximum Gasteiger partial charge on any atom is 0.315 e. The molecular weight excluding hydrogens is 242 g/mol. The Hall–Kier alpha value is -1.93. The van der Waals surface area contributed by atoms with Gasteiger partial charge in [-0.2, -0.15) is 0 Å². The van der Waals surface area contributed by atoms with Crippen molar-refractivity contribution >= 4 is 17.6 Å². The third-order valence-corrected chi connectivity index (χ3v) is 2.09. The number of amides is 2. The van der Waals surface area contributed by atoms with Gasteiger partial charge in [0.05, 0.1) is 13.2 Å². The van der Waals surface area contributed by atoms with E-state index in [-0.39, 0.29) is 32.1 Å². The highest BCUT2D eigenvalue weighted by Gasteiger charge is 2.21. The molecule has 0 saturated heterocycles. The number of aryl methyl sites for hydroxylation is 1. The summed E-state index contributed by atoms with van der Waals surface area (Å²) in [5.74, 6) is -1.11. The Morgan fingerprint density at radius 2 is 2.00 bits per heavy atom. The quantitative estimate of drug-likeness (QED) is 0.567. The second-order valence-corrected chi connectivity index (χ2v) is 3.52. The molecule has 0 aliphatic rings. The summed E-state index contributed by atoms with van der Waals surface area (Å²) in [6, 6.07) is 1.47. The fourth-order valence-electron chi connectivity index (χ4n) is 1.30. The fourth-order valence-corrected chi connectivity index (χ4v) is 1.30. The molecule has 0 fully saturated rings. The van der Waals surface area contributed by atoms with Crippen LogP contribution in [0.3, 0.4) is 0 Å². The summed E-state index contributed by atoms with van der Waals surface area (Å²) in [7, 11) is 0. The normalized spacial score (nSPS) is 10.2. The highest BCUT2D eigenvalue weighted by Crippen LogP contribution is 2.07. The van der Waals surface area contributed by atoms with Gasteiger partial charge >= 0.3 is 11.8 Å². The molecule has 0 bridgehead atoms. The number of hydrogen-bond donors (Lipinski definition) is 3. The SMILES string of the molecule is Cc1cc(NC(=O)C(=O)N(CCO)CCO)no1. The molecular formula is C10H15N3O5. The molecule has 2 amide bonds. The summed E-state index contributed by atoms with van der Waals surface area (Å²) < 4.78 is 4.73. The van der Waals surface area contributed by atoms with Crippen LogP contribution in [0.15, 0.2) is 10.6 Å². The van der Waals surface area contributed by atoms with Gasteiger partial charge in [-0.1, -0.05) is 5.16 Å². The van der Waals surface area contributed by atoms with Gasteiger partial charge in [0.15, 0.2) is 5.82 Å². The highest BCUT2D eigenvalue weighted by molar-refractivity contribution is 6.39. The standard InChI is InChI=1S/C10H15N3O5/c1-7-6-8(12-18-7)11-9(16)10(17)13(2-4-14)3-5-15/h6,14-15H,2-5H2,1H3,(H,11,12,16). The van der Waals surface area contributed by atoms with Crippen LogP contribution in [0.25, 0.3) is 0 Å². The van der Waals surface area contributed by atoms with E-state index in [0.29, 0.717) is 5.76 Å². The smallest absolute Gasteiger partial charge is 0.315 e. The van der Waals surface area contributed by atoms with Crippen molar-refractivity contribution in [2.24, 2.45) is 0 Å². The average molecular weight is 257 g/mol. The summed E-state index contributed by atoms with van der Waals surface area (Å²) >= 11 is 0. The van der Waals surface area contributed by atoms with E-state index in [4.69, 9.17) is 14.7 Å². The minimum atomic E-state index is -0.898. The molecule has 0 aliphatic carbocycles. The summed E-state index contributed by atoms with van der Waals surface area (Å²) in [5.41, 5.74) is 0. The lowest BCUT2D eigenvalue weighted by atomic mass is 10.4. The van der Waals surface area contributed by atoms with Crippen molar-refractivity contribution in [3.63, 3.8) is 0 Å². The van der Waals surface area contributed by atoms with E-state index < -0.39 is 11.8 Å². The zero-order chi connectivity index (χ0) is 13.5. The van der Waals surface area contributed by atoms with Crippen molar-refractivity contribution in [1.82, 2.24) is 10.1 Å². The van der Waals surface area contributed by atoms with Crippen LogP contribution in [-0.2, 0) is 9.59 Å². The predicted octanol–water partition coefficient (Wildman–Crippen LogP) is -1.27. The zero-order valence-corrected chi connectivity index (χ0v) is 9.92. The second-order valence-electron chi connectivity index (χ2n) is 3.52. The van der Waals surface area contributed by atoms with Gasteiger partial charge in [0, 0.05) is 19.2 Å². The predicted molar refractivity (Wildman–Crippen MR) is 60.6 cm³/mol. The fraction of sp³-hybridized carbons (Fsp3) is 0.500. The van der Waals surface area contributed by atoms with E-state index in [1.54, 1.807) is 6.92 Å². The minimum Gasteiger partial charge on any atom is -0.395 e. The molecule has 0 aliphatic heterocycles. The Balaban J connectivity index is 2.61. The van der Waals surface area contributed by atoms with E-state index in [9.17, 15) is 9.59 Å². The van der Waals surface area contributed by atoms with Gasteiger partial charge in [-0.05, 0) is 6.92 Å². The van der Waals surface area contributed by atoms with Gasteiger partial charge in [0.25, 0.3) is 0 Å². The van der Waals surface area contributed by atoms with Crippen LogP contribution in [0.5, 0.6) is 0 Å². The number of rotatable bonds is 5. The Morgan fingerprint density at radius 1 is 1.39 bits per heavy atom. The molecule has 8 nitrogen and oxygen atoms in total. The first-order chi connectivity index (χ1) is 8.58. The summed E-state index contributed by atoms with van der Waals surface area (Å²) in [6.45, 7) is 1.02. The Morgan fingerprint density at radius 3 is 2.44 bits per heavy atom. The number of nitrogens with one attached hydrogen (secondary N) is 1. The lowest BCUT2D eigenvalue weighted by Gasteiger charge is -2.19. The first-order valence-electron chi connectivity index (χ1n) is 5.33. The molecule has 1 rings (SSSR count). The molecule has 0 spiro atoms. The number of anilines is 1. The van der Waals surface area contributed by atoms with Gasteiger partial charge in [0.2, 0.25) is 0 Å². The van der Waals surface area contributed by atoms with Crippen molar-refractivity contribution < 1.29 is 24.3 Å². The van der Waals surface area contributed by atoms with Crippen LogP contribution in [0, 0.1) is 6.92 Å². The highest BCUT2D eigenvalue weighted by atomic mass is 16.5. The first-order valence-corrected chi connectivity index (χ1v) is 5.33. The maximum absolute atomic E-state index is 11.7. The van der Waals surface area contributed by atoms with Crippen LogP contribution >= 0.6 is 0 Å². The largest absolute Gasteiger partial charge is 0.395 e. The van der Waals surface area contributed by atoms with Crippen molar-refractivity contribution in [2.45, 2.75) is 6.92 Å². The van der Waals surface area contributed by atoms with E-state index in [0.717, 1.165) is 4.90 Å². The molecule has 0 aromatic carbocycles. The third-order valence-electron chi connectivity index (χ3n) is 2.09.